The average molecular weight is 337 g/mol. The lowest BCUT2D eigenvalue weighted by Gasteiger charge is -2.05. The van der Waals surface area contributed by atoms with Gasteiger partial charge in [-0.05, 0) is 18.4 Å². The number of aryl methyl sites for hydroxylation is 1. The lowest BCUT2D eigenvalue weighted by molar-refractivity contribution is 0.431. The first kappa shape index (κ1) is 17.6. The molecule has 0 fully saturated rings. The Morgan fingerprint density at radius 1 is 1.13 bits per heavy atom. The van der Waals surface area contributed by atoms with Gasteiger partial charge in [-0.25, -0.2) is 13.1 Å². The summed E-state index contributed by atoms with van der Waals surface area (Å²) in [5.74, 6) is 1.32. The predicted molar refractivity (Wildman–Crippen MR) is 88.6 cm³/mol. The molecule has 0 amide bonds. The van der Waals surface area contributed by atoms with Crippen LogP contribution in [0.5, 0.6) is 0 Å². The third kappa shape index (κ3) is 6.11. The van der Waals surface area contributed by atoms with Gasteiger partial charge in [0.05, 0.1) is 5.75 Å². The minimum Gasteiger partial charge on any atom is -0.425 e. The van der Waals surface area contributed by atoms with E-state index in [1.54, 1.807) is 0 Å². The van der Waals surface area contributed by atoms with Gasteiger partial charge >= 0.3 is 0 Å². The van der Waals surface area contributed by atoms with E-state index in [2.05, 4.69) is 14.9 Å². The van der Waals surface area contributed by atoms with E-state index >= 15 is 0 Å². The third-order valence-corrected chi connectivity index (χ3v) is 4.83. The van der Waals surface area contributed by atoms with Crippen molar-refractivity contribution in [1.29, 1.82) is 0 Å². The fourth-order valence-electron chi connectivity index (χ4n) is 2.10. The van der Waals surface area contributed by atoms with Crippen molar-refractivity contribution in [2.45, 2.75) is 39.0 Å². The molecule has 1 aromatic heterocycles. The molecular formula is C16H23N3O3S. The van der Waals surface area contributed by atoms with Gasteiger partial charge in [0, 0.05) is 18.9 Å². The summed E-state index contributed by atoms with van der Waals surface area (Å²) in [5, 5.41) is 7.83. The van der Waals surface area contributed by atoms with Gasteiger partial charge < -0.3 is 4.42 Å². The van der Waals surface area contributed by atoms with E-state index in [9.17, 15) is 8.42 Å². The fraction of sp³-hybridized carbons (Fsp3) is 0.500. The van der Waals surface area contributed by atoms with Crippen molar-refractivity contribution in [3.63, 3.8) is 0 Å². The minimum absolute atomic E-state index is 0.114. The number of benzene rings is 1. The Balaban J connectivity index is 1.71. The molecule has 126 valence electrons. The van der Waals surface area contributed by atoms with Crippen LogP contribution in [-0.2, 0) is 22.9 Å². The van der Waals surface area contributed by atoms with E-state index < -0.39 is 10.0 Å². The van der Waals surface area contributed by atoms with Gasteiger partial charge in [-0.3, -0.25) is 0 Å². The molecule has 2 rings (SSSR count). The molecule has 1 N–H and O–H groups in total. The summed E-state index contributed by atoms with van der Waals surface area (Å²) in [6.07, 6.45) is 1.75. The fourth-order valence-corrected chi connectivity index (χ4v) is 3.18. The molecule has 0 aliphatic heterocycles. The zero-order valence-corrected chi connectivity index (χ0v) is 14.3. The predicted octanol–water partition coefficient (Wildman–Crippen LogP) is 2.29. The molecule has 0 radical (unpaired) electrons. The van der Waals surface area contributed by atoms with Crippen molar-refractivity contribution in [3.05, 3.63) is 47.7 Å². The summed E-state index contributed by atoms with van der Waals surface area (Å²) >= 11 is 0. The highest BCUT2D eigenvalue weighted by molar-refractivity contribution is 7.89. The van der Waals surface area contributed by atoms with Gasteiger partial charge in [0.15, 0.2) is 0 Å². The first-order chi connectivity index (χ1) is 11.0. The van der Waals surface area contributed by atoms with Gasteiger partial charge in [0.1, 0.15) is 0 Å². The van der Waals surface area contributed by atoms with Crippen molar-refractivity contribution in [2.75, 3.05) is 12.3 Å². The smallest absolute Gasteiger partial charge is 0.219 e. The molecular weight excluding hydrogens is 314 g/mol. The Hall–Kier alpha value is -1.73. The molecule has 0 aliphatic rings. The lowest BCUT2D eigenvalue weighted by Crippen LogP contribution is -2.28. The van der Waals surface area contributed by atoms with E-state index in [4.69, 9.17) is 4.42 Å². The van der Waals surface area contributed by atoms with Crippen LogP contribution >= 0.6 is 0 Å². The number of hydrogen-bond donors (Lipinski definition) is 1. The van der Waals surface area contributed by atoms with Crippen LogP contribution < -0.4 is 4.72 Å². The third-order valence-electron chi connectivity index (χ3n) is 3.36. The normalized spacial score (nSPS) is 12.0. The standard InChI is InChI=1S/C16H23N3O3S/c1-13(2)16-19-18-15(22-16)10-11-17-23(20,21)12-6-9-14-7-4-3-5-8-14/h3-5,7-8,13,17H,6,9-12H2,1-2H3. The summed E-state index contributed by atoms with van der Waals surface area (Å²) in [4.78, 5) is 0. The van der Waals surface area contributed by atoms with Crippen LogP contribution in [-0.4, -0.2) is 30.9 Å². The molecule has 7 heteroatoms. The number of hydrogen-bond acceptors (Lipinski definition) is 5. The lowest BCUT2D eigenvalue weighted by atomic mass is 10.1. The van der Waals surface area contributed by atoms with Crippen molar-refractivity contribution >= 4 is 10.0 Å². The summed E-state index contributed by atoms with van der Waals surface area (Å²) < 4.78 is 31.9. The second-order valence-electron chi connectivity index (χ2n) is 5.74. The van der Waals surface area contributed by atoms with Crippen LogP contribution in [0.25, 0.3) is 0 Å². The Labute approximate surface area is 137 Å². The molecule has 0 saturated carbocycles. The van der Waals surface area contributed by atoms with E-state index in [0.717, 1.165) is 12.0 Å². The van der Waals surface area contributed by atoms with Crippen molar-refractivity contribution < 1.29 is 12.8 Å². The van der Waals surface area contributed by atoms with E-state index in [1.165, 1.54) is 0 Å². The maximum Gasteiger partial charge on any atom is 0.219 e. The van der Waals surface area contributed by atoms with Gasteiger partial charge in [-0.1, -0.05) is 44.2 Å². The van der Waals surface area contributed by atoms with Crippen LogP contribution in [0.1, 0.15) is 43.5 Å². The second kappa shape index (κ2) is 8.21. The highest BCUT2D eigenvalue weighted by Gasteiger charge is 2.12. The van der Waals surface area contributed by atoms with Crippen LogP contribution in [0.3, 0.4) is 0 Å². The Morgan fingerprint density at radius 3 is 2.52 bits per heavy atom. The van der Waals surface area contributed by atoms with Crippen molar-refractivity contribution in [2.24, 2.45) is 0 Å². The second-order valence-corrected chi connectivity index (χ2v) is 7.67. The molecule has 1 aromatic carbocycles. The maximum atomic E-state index is 11.9. The summed E-state index contributed by atoms with van der Waals surface area (Å²) in [5.41, 5.74) is 1.15. The highest BCUT2D eigenvalue weighted by atomic mass is 32.2. The first-order valence-electron chi connectivity index (χ1n) is 7.80. The SMILES string of the molecule is CC(C)c1nnc(CCNS(=O)(=O)CCCc2ccccc2)o1. The summed E-state index contributed by atoms with van der Waals surface area (Å²) in [6, 6.07) is 9.86. The van der Waals surface area contributed by atoms with Gasteiger partial charge in [-0.15, -0.1) is 10.2 Å². The van der Waals surface area contributed by atoms with Crippen LogP contribution in [0.2, 0.25) is 0 Å². The first-order valence-corrected chi connectivity index (χ1v) is 9.45. The Morgan fingerprint density at radius 2 is 1.87 bits per heavy atom. The molecule has 0 aliphatic carbocycles. The zero-order valence-electron chi connectivity index (χ0n) is 13.5. The topological polar surface area (TPSA) is 85.1 Å². The Kier molecular flexibility index (Phi) is 6.29. The molecule has 1 heterocycles. The van der Waals surface area contributed by atoms with E-state index in [0.29, 0.717) is 24.6 Å². The number of rotatable bonds is 9. The number of aromatic nitrogens is 2. The van der Waals surface area contributed by atoms with E-state index in [1.807, 2.05) is 44.2 Å². The molecule has 23 heavy (non-hydrogen) atoms. The van der Waals surface area contributed by atoms with Gasteiger partial charge in [0.25, 0.3) is 0 Å². The maximum absolute atomic E-state index is 11.9. The molecule has 0 atom stereocenters. The molecule has 0 saturated heterocycles. The monoisotopic (exact) mass is 337 g/mol. The molecule has 0 unspecified atom stereocenters. The summed E-state index contributed by atoms with van der Waals surface area (Å²) in [7, 11) is -3.27. The van der Waals surface area contributed by atoms with Gasteiger partial charge in [0.2, 0.25) is 21.8 Å². The summed E-state index contributed by atoms with van der Waals surface area (Å²) in [6.45, 7) is 4.20. The molecule has 0 spiro atoms. The van der Waals surface area contributed by atoms with E-state index in [-0.39, 0.29) is 18.2 Å². The van der Waals surface area contributed by atoms with Crippen LogP contribution in [0.4, 0.5) is 0 Å². The zero-order chi connectivity index (χ0) is 16.7. The number of sulfonamides is 1. The Bertz CT molecular complexity index is 696. The average Bonchev–Trinajstić information content (AvgIpc) is 2.97. The number of nitrogens with zero attached hydrogens (tertiary/aromatic N) is 2. The molecule has 2 aromatic rings. The van der Waals surface area contributed by atoms with Gasteiger partial charge in [-0.2, -0.15) is 0 Å². The van der Waals surface area contributed by atoms with Crippen molar-refractivity contribution in [3.8, 4) is 0 Å². The highest BCUT2D eigenvalue weighted by Crippen LogP contribution is 2.12. The largest absolute Gasteiger partial charge is 0.425 e. The quantitative estimate of drug-likeness (QED) is 0.759. The van der Waals surface area contributed by atoms with Crippen LogP contribution in [0.15, 0.2) is 34.7 Å². The molecule has 0 bridgehead atoms. The van der Waals surface area contributed by atoms with Crippen LogP contribution in [0, 0.1) is 0 Å². The van der Waals surface area contributed by atoms with Crippen molar-refractivity contribution in [1.82, 2.24) is 14.9 Å². The number of nitrogens with one attached hydrogen (secondary N) is 1. The minimum atomic E-state index is -3.27. The molecule has 6 nitrogen and oxygen atoms in total.